The maximum Gasteiger partial charge on any atom is 0.303 e. The number of benzene rings is 1. The highest BCUT2D eigenvalue weighted by atomic mass is 32.2. The molecule has 0 bridgehead atoms. The van der Waals surface area contributed by atoms with Crippen LogP contribution in [0.4, 0.5) is 0 Å². The minimum atomic E-state index is -3.60. The molecule has 1 aromatic rings. The smallest absolute Gasteiger partial charge is 0.303 e. The molecule has 2 unspecified atom stereocenters. The van der Waals surface area contributed by atoms with Gasteiger partial charge in [-0.25, -0.2) is 13.1 Å². The Bertz CT molecular complexity index is 670. The summed E-state index contributed by atoms with van der Waals surface area (Å²) in [6.07, 6.45) is 0.972. The molecule has 8 heteroatoms. The number of carbonyl (C=O) groups is 2. The minimum absolute atomic E-state index is 0.0279. The number of hydrogen-bond donors (Lipinski definition) is 3. The molecule has 0 fully saturated rings. The minimum Gasteiger partial charge on any atom is -0.481 e. The van der Waals surface area contributed by atoms with Crippen molar-refractivity contribution in [1.29, 1.82) is 0 Å². The maximum atomic E-state index is 12.1. The molecule has 0 aromatic heterocycles. The molecule has 1 amide bonds. The Morgan fingerprint density at radius 1 is 1.12 bits per heavy atom. The molecule has 2 atom stereocenters. The number of aliphatic carboxylic acids is 1. The average Bonchev–Trinajstić information content (AvgIpc) is 2.52. The van der Waals surface area contributed by atoms with Gasteiger partial charge in [0.25, 0.3) is 5.91 Å². The lowest BCUT2D eigenvalue weighted by atomic mass is 10.1. The molecule has 0 radical (unpaired) electrons. The highest BCUT2D eigenvalue weighted by Gasteiger charge is 2.17. The van der Waals surface area contributed by atoms with E-state index in [4.69, 9.17) is 5.11 Å². The van der Waals surface area contributed by atoms with E-state index in [-0.39, 0.29) is 29.3 Å². The Morgan fingerprint density at radius 3 is 2.21 bits per heavy atom. The molecular formula is C16H24N2O5S. The van der Waals surface area contributed by atoms with Crippen molar-refractivity contribution in [1.82, 2.24) is 10.0 Å². The van der Waals surface area contributed by atoms with E-state index in [0.29, 0.717) is 18.4 Å². The van der Waals surface area contributed by atoms with Crippen molar-refractivity contribution in [2.75, 3.05) is 0 Å². The quantitative estimate of drug-likeness (QED) is 0.624. The van der Waals surface area contributed by atoms with Crippen molar-refractivity contribution in [2.45, 2.75) is 57.0 Å². The Morgan fingerprint density at radius 2 is 1.71 bits per heavy atom. The number of hydrogen-bond acceptors (Lipinski definition) is 4. The van der Waals surface area contributed by atoms with Gasteiger partial charge in [-0.3, -0.25) is 9.59 Å². The molecule has 0 aliphatic heterocycles. The largest absolute Gasteiger partial charge is 0.481 e. The van der Waals surface area contributed by atoms with Crippen LogP contribution in [-0.2, 0) is 14.8 Å². The fraction of sp³-hybridized carbons (Fsp3) is 0.500. The summed E-state index contributed by atoms with van der Waals surface area (Å²) in [5, 5.41) is 11.3. The van der Waals surface area contributed by atoms with Gasteiger partial charge in [0.2, 0.25) is 10.0 Å². The zero-order valence-electron chi connectivity index (χ0n) is 14.1. The van der Waals surface area contributed by atoms with Crippen LogP contribution < -0.4 is 10.0 Å². The first kappa shape index (κ1) is 20.1. The number of carbonyl (C=O) groups excluding carboxylic acids is 1. The van der Waals surface area contributed by atoms with Gasteiger partial charge in [0.05, 0.1) is 4.90 Å². The van der Waals surface area contributed by atoms with Gasteiger partial charge in [-0.2, -0.15) is 0 Å². The lowest BCUT2D eigenvalue weighted by Gasteiger charge is -2.14. The van der Waals surface area contributed by atoms with Crippen molar-refractivity contribution in [2.24, 2.45) is 0 Å². The molecule has 134 valence electrons. The van der Waals surface area contributed by atoms with Crippen molar-refractivity contribution < 1.29 is 23.1 Å². The highest BCUT2D eigenvalue weighted by molar-refractivity contribution is 7.89. The molecule has 3 N–H and O–H groups in total. The molecule has 0 aliphatic rings. The predicted molar refractivity (Wildman–Crippen MR) is 90.3 cm³/mol. The second-order valence-electron chi connectivity index (χ2n) is 5.76. The third-order valence-corrected chi connectivity index (χ3v) is 5.17. The van der Waals surface area contributed by atoms with Crippen LogP contribution in [0.5, 0.6) is 0 Å². The van der Waals surface area contributed by atoms with Crippen LogP contribution in [0.3, 0.4) is 0 Å². The van der Waals surface area contributed by atoms with Gasteiger partial charge in [-0.1, -0.05) is 6.92 Å². The van der Waals surface area contributed by atoms with Crippen molar-refractivity contribution in [3.05, 3.63) is 29.8 Å². The van der Waals surface area contributed by atoms with Gasteiger partial charge in [0.15, 0.2) is 0 Å². The molecule has 1 rings (SSSR count). The second-order valence-corrected chi connectivity index (χ2v) is 7.48. The summed E-state index contributed by atoms with van der Waals surface area (Å²) in [6, 6.07) is 5.16. The molecular weight excluding hydrogens is 332 g/mol. The summed E-state index contributed by atoms with van der Waals surface area (Å²) in [6.45, 7) is 5.37. The van der Waals surface area contributed by atoms with Crippen LogP contribution >= 0.6 is 0 Å². The summed E-state index contributed by atoms with van der Waals surface area (Å²) in [5.74, 6) is -1.29. The molecule has 0 spiro atoms. The third kappa shape index (κ3) is 6.29. The standard InChI is InChI=1S/C16H24N2O5S/c1-4-11(2)18-24(22,23)14-8-6-13(7-9-14)16(21)17-12(3)5-10-15(19)20/h6-9,11-12,18H,4-5,10H2,1-3H3,(H,17,21)(H,19,20). The van der Waals surface area contributed by atoms with E-state index in [9.17, 15) is 18.0 Å². The van der Waals surface area contributed by atoms with Crippen LogP contribution in [0, 0.1) is 0 Å². The van der Waals surface area contributed by atoms with E-state index < -0.39 is 16.0 Å². The first-order valence-electron chi connectivity index (χ1n) is 7.80. The van der Waals surface area contributed by atoms with Crippen LogP contribution in [0.2, 0.25) is 0 Å². The van der Waals surface area contributed by atoms with E-state index in [1.807, 2.05) is 6.92 Å². The topological polar surface area (TPSA) is 113 Å². The van der Waals surface area contributed by atoms with E-state index in [0.717, 1.165) is 0 Å². The molecule has 24 heavy (non-hydrogen) atoms. The summed E-state index contributed by atoms with van der Waals surface area (Å²) in [5.41, 5.74) is 0.319. The average molecular weight is 356 g/mol. The van der Waals surface area contributed by atoms with E-state index in [2.05, 4.69) is 10.0 Å². The van der Waals surface area contributed by atoms with Gasteiger partial charge in [0.1, 0.15) is 0 Å². The van der Waals surface area contributed by atoms with Crippen molar-refractivity contribution in [3.8, 4) is 0 Å². The monoisotopic (exact) mass is 356 g/mol. The van der Waals surface area contributed by atoms with Crippen molar-refractivity contribution >= 4 is 21.9 Å². The second kappa shape index (κ2) is 8.79. The summed E-state index contributed by atoms with van der Waals surface area (Å²) in [4.78, 5) is 22.7. The molecule has 0 heterocycles. The summed E-state index contributed by atoms with van der Waals surface area (Å²) >= 11 is 0. The lowest BCUT2D eigenvalue weighted by Crippen LogP contribution is -2.33. The number of nitrogens with one attached hydrogen (secondary N) is 2. The molecule has 0 saturated carbocycles. The Labute approximate surface area is 142 Å². The van der Waals surface area contributed by atoms with E-state index in [1.165, 1.54) is 24.3 Å². The Balaban J connectivity index is 2.73. The number of carboxylic acid groups (broad SMARTS) is 1. The molecule has 7 nitrogen and oxygen atoms in total. The highest BCUT2D eigenvalue weighted by Crippen LogP contribution is 2.12. The number of amides is 1. The molecule has 0 aliphatic carbocycles. The number of sulfonamides is 1. The number of rotatable bonds is 9. The van der Waals surface area contributed by atoms with Crippen LogP contribution in [0.25, 0.3) is 0 Å². The molecule has 1 aromatic carbocycles. The first-order chi connectivity index (χ1) is 11.2. The van der Waals surface area contributed by atoms with Gasteiger partial charge in [-0.15, -0.1) is 0 Å². The van der Waals surface area contributed by atoms with Crippen LogP contribution in [0.15, 0.2) is 29.2 Å². The van der Waals surface area contributed by atoms with Gasteiger partial charge in [-0.05, 0) is 51.0 Å². The zero-order valence-corrected chi connectivity index (χ0v) is 14.9. The van der Waals surface area contributed by atoms with Gasteiger partial charge < -0.3 is 10.4 Å². The lowest BCUT2D eigenvalue weighted by molar-refractivity contribution is -0.137. The van der Waals surface area contributed by atoms with E-state index in [1.54, 1.807) is 13.8 Å². The zero-order chi connectivity index (χ0) is 18.3. The fourth-order valence-electron chi connectivity index (χ4n) is 1.92. The SMILES string of the molecule is CCC(C)NS(=O)(=O)c1ccc(C(=O)NC(C)CCC(=O)O)cc1. The predicted octanol–water partition coefficient (Wildman–Crippen LogP) is 1.75. The Hall–Kier alpha value is -1.93. The molecule has 0 saturated heterocycles. The Kier molecular flexibility index (Phi) is 7.37. The third-order valence-electron chi connectivity index (χ3n) is 3.56. The van der Waals surface area contributed by atoms with E-state index >= 15 is 0 Å². The summed E-state index contributed by atoms with van der Waals surface area (Å²) in [7, 11) is -3.60. The van der Waals surface area contributed by atoms with Gasteiger partial charge in [0, 0.05) is 24.1 Å². The van der Waals surface area contributed by atoms with Crippen molar-refractivity contribution in [3.63, 3.8) is 0 Å². The van der Waals surface area contributed by atoms with Crippen LogP contribution in [0.1, 0.15) is 50.4 Å². The normalized spacial score (nSPS) is 14.0. The van der Waals surface area contributed by atoms with Crippen LogP contribution in [-0.4, -0.2) is 37.5 Å². The maximum absolute atomic E-state index is 12.1. The number of carboxylic acids is 1. The first-order valence-corrected chi connectivity index (χ1v) is 9.29. The fourth-order valence-corrected chi connectivity index (χ4v) is 3.25. The van der Waals surface area contributed by atoms with Gasteiger partial charge >= 0.3 is 5.97 Å². The summed E-state index contributed by atoms with van der Waals surface area (Å²) < 4.78 is 26.8.